The molecule has 3 aromatic heterocycles. The predicted octanol–water partition coefficient (Wildman–Crippen LogP) is 2.74. The van der Waals surface area contributed by atoms with Gasteiger partial charge in [-0.3, -0.25) is 4.98 Å². The molecule has 1 aliphatic rings. The van der Waals surface area contributed by atoms with Crippen molar-refractivity contribution in [2.75, 3.05) is 13.1 Å². The van der Waals surface area contributed by atoms with Gasteiger partial charge in [0.25, 0.3) is 0 Å². The van der Waals surface area contributed by atoms with Gasteiger partial charge in [-0.25, -0.2) is 8.42 Å². The van der Waals surface area contributed by atoms with Gasteiger partial charge in [-0.1, -0.05) is 5.16 Å². The van der Waals surface area contributed by atoms with Crippen molar-refractivity contribution in [2.24, 2.45) is 0 Å². The average Bonchev–Trinajstić information content (AvgIpc) is 3.18. The lowest BCUT2D eigenvalue weighted by Gasteiger charge is -2.31. The summed E-state index contributed by atoms with van der Waals surface area (Å²) < 4.78 is 32.7. The van der Waals surface area contributed by atoms with E-state index in [1.165, 1.54) is 0 Å². The molecule has 1 atom stereocenters. The maximum Gasteiger partial charge on any atom is 0.248 e. The fraction of sp³-hybridized carbons (Fsp3) is 0.412. The largest absolute Gasteiger partial charge is 0.360 e. The summed E-state index contributed by atoms with van der Waals surface area (Å²) in [6.45, 7) is 4.26. The van der Waals surface area contributed by atoms with Gasteiger partial charge in [0, 0.05) is 30.9 Å². The zero-order valence-corrected chi connectivity index (χ0v) is 15.0. The molecular weight excluding hydrogens is 340 g/mol. The zero-order chi connectivity index (χ0) is 17.6. The van der Waals surface area contributed by atoms with Crippen LogP contribution < -0.4 is 0 Å². The van der Waals surface area contributed by atoms with Crippen LogP contribution in [0.1, 0.15) is 35.9 Å². The summed E-state index contributed by atoms with van der Waals surface area (Å²) >= 11 is 0. The number of pyridine rings is 1. The molecular formula is C17H20N4O3S. The molecule has 1 N–H and O–H groups in total. The van der Waals surface area contributed by atoms with Gasteiger partial charge in [0.1, 0.15) is 10.6 Å². The number of nitrogens with one attached hydrogen (secondary N) is 1. The number of sulfonamides is 1. The normalized spacial score (nSPS) is 19.5. The van der Waals surface area contributed by atoms with Crippen LogP contribution in [0.25, 0.3) is 11.0 Å². The maximum absolute atomic E-state index is 13.0. The second kappa shape index (κ2) is 5.96. The molecule has 7 nitrogen and oxygen atoms in total. The van der Waals surface area contributed by atoms with E-state index >= 15 is 0 Å². The lowest BCUT2D eigenvalue weighted by molar-refractivity contribution is 0.312. The first-order chi connectivity index (χ1) is 12.0. The van der Waals surface area contributed by atoms with Gasteiger partial charge in [0.05, 0.1) is 11.0 Å². The monoisotopic (exact) mass is 360 g/mol. The quantitative estimate of drug-likeness (QED) is 0.775. The topological polar surface area (TPSA) is 92.1 Å². The summed E-state index contributed by atoms with van der Waals surface area (Å²) in [4.78, 5) is 7.92. The van der Waals surface area contributed by atoms with Crippen molar-refractivity contribution < 1.29 is 12.9 Å². The molecule has 4 heterocycles. The van der Waals surface area contributed by atoms with Gasteiger partial charge in [0.15, 0.2) is 5.76 Å². The molecule has 8 heteroatoms. The van der Waals surface area contributed by atoms with Crippen molar-refractivity contribution in [1.29, 1.82) is 0 Å². The number of rotatable bonds is 3. The predicted molar refractivity (Wildman–Crippen MR) is 92.8 cm³/mol. The van der Waals surface area contributed by atoms with Crippen LogP contribution in [-0.2, 0) is 10.0 Å². The summed E-state index contributed by atoms with van der Waals surface area (Å²) in [5.41, 5.74) is 3.33. The Morgan fingerprint density at radius 2 is 2.20 bits per heavy atom. The molecule has 0 aromatic carbocycles. The van der Waals surface area contributed by atoms with Crippen LogP contribution >= 0.6 is 0 Å². The Labute approximate surface area is 146 Å². The number of H-pyrrole nitrogens is 1. The molecule has 0 amide bonds. The third kappa shape index (κ3) is 2.75. The van der Waals surface area contributed by atoms with Crippen LogP contribution in [0.2, 0.25) is 0 Å². The van der Waals surface area contributed by atoms with Gasteiger partial charge in [-0.2, -0.15) is 4.31 Å². The summed E-state index contributed by atoms with van der Waals surface area (Å²) in [5, 5.41) is 3.79. The fourth-order valence-corrected chi connectivity index (χ4v) is 5.40. The Kier molecular flexibility index (Phi) is 3.88. The summed E-state index contributed by atoms with van der Waals surface area (Å²) in [5.74, 6) is 0.465. The van der Waals surface area contributed by atoms with Gasteiger partial charge < -0.3 is 9.51 Å². The molecule has 1 fully saturated rings. The van der Waals surface area contributed by atoms with Crippen LogP contribution in [-0.4, -0.2) is 40.9 Å². The molecule has 3 aromatic rings. The number of aromatic nitrogens is 3. The maximum atomic E-state index is 13.0. The van der Waals surface area contributed by atoms with E-state index < -0.39 is 10.0 Å². The van der Waals surface area contributed by atoms with Crippen LogP contribution in [0, 0.1) is 13.8 Å². The molecule has 1 aliphatic heterocycles. The van der Waals surface area contributed by atoms with Crippen molar-refractivity contribution in [3.05, 3.63) is 41.5 Å². The van der Waals surface area contributed by atoms with E-state index in [1.54, 1.807) is 24.3 Å². The Balaban J connectivity index is 1.65. The standard InChI is InChI=1S/C17H20N4O3S/c1-11-17(12(2)24-20-11)25(22,23)21-8-4-5-13(10-21)15-9-16-14(19-15)6-3-7-18-16/h3,6-7,9,13,19H,4-5,8,10H2,1-2H3/t13-/m1/s1. The first-order valence-electron chi connectivity index (χ1n) is 8.33. The number of fused-ring (bicyclic) bond motifs is 1. The van der Waals surface area contributed by atoms with Gasteiger partial charge in [-0.15, -0.1) is 0 Å². The second-order valence-corrected chi connectivity index (χ2v) is 8.39. The van der Waals surface area contributed by atoms with Crippen molar-refractivity contribution in [1.82, 2.24) is 19.4 Å². The molecule has 0 unspecified atom stereocenters. The smallest absolute Gasteiger partial charge is 0.248 e. The number of nitrogens with zero attached hydrogens (tertiary/aromatic N) is 3. The highest BCUT2D eigenvalue weighted by Crippen LogP contribution is 2.32. The van der Waals surface area contributed by atoms with E-state index in [1.807, 2.05) is 18.2 Å². The number of aromatic amines is 1. The molecule has 0 spiro atoms. The van der Waals surface area contributed by atoms with E-state index in [4.69, 9.17) is 4.52 Å². The third-order valence-corrected chi connectivity index (χ3v) is 6.91. The minimum absolute atomic E-state index is 0.123. The van der Waals surface area contributed by atoms with E-state index in [-0.39, 0.29) is 10.8 Å². The third-order valence-electron chi connectivity index (χ3n) is 4.80. The average molecular weight is 360 g/mol. The van der Waals surface area contributed by atoms with Gasteiger partial charge in [-0.05, 0) is 44.9 Å². The van der Waals surface area contributed by atoms with E-state index in [2.05, 4.69) is 15.1 Å². The number of hydrogen-bond acceptors (Lipinski definition) is 5. The van der Waals surface area contributed by atoms with Crippen molar-refractivity contribution in [2.45, 2.75) is 37.5 Å². The fourth-order valence-electron chi connectivity index (χ4n) is 3.58. The molecule has 25 heavy (non-hydrogen) atoms. The first-order valence-corrected chi connectivity index (χ1v) is 9.77. The number of aryl methyl sites for hydroxylation is 2. The van der Waals surface area contributed by atoms with E-state index in [0.29, 0.717) is 24.5 Å². The Hall–Kier alpha value is -2.19. The Morgan fingerprint density at radius 1 is 1.36 bits per heavy atom. The SMILES string of the molecule is Cc1noc(C)c1S(=O)(=O)N1CCC[C@@H](c2cc3ncccc3[nH]2)C1. The van der Waals surface area contributed by atoms with Gasteiger partial charge in [0.2, 0.25) is 10.0 Å². The first kappa shape index (κ1) is 16.3. The van der Waals surface area contributed by atoms with Crippen molar-refractivity contribution in [3.8, 4) is 0 Å². The van der Waals surface area contributed by atoms with Crippen LogP contribution in [0.5, 0.6) is 0 Å². The van der Waals surface area contributed by atoms with E-state index in [0.717, 1.165) is 29.6 Å². The summed E-state index contributed by atoms with van der Waals surface area (Å²) in [7, 11) is -3.60. The molecule has 0 aliphatic carbocycles. The lowest BCUT2D eigenvalue weighted by atomic mass is 9.96. The van der Waals surface area contributed by atoms with Crippen LogP contribution in [0.3, 0.4) is 0 Å². The molecule has 0 bridgehead atoms. The number of piperidine rings is 1. The molecule has 1 saturated heterocycles. The zero-order valence-electron chi connectivity index (χ0n) is 14.2. The van der Waals surface area contributed by atoms with Crippen molar-refractivity contribution >= 4 is 21.1 Å². The van der Waals surface area contributed by atoms with Crippen LogP contribution in [0.15, 0.2) is 33.8 Å². The van der Waals surface area contributed by atoms with Gasteiger partial charge >= 0.3 is 0 Å². The molecule has 132 valence electrons. The molecule has 0 radical (unpaired) electrons. The highest BCUT2D eigenvalue weighted by Gasteiger charge is 2.35. The Morgan fingerprint density at radius 3 is 2.92 bits per heavy atom. The highest BCUT2D eigenvalue weighted by atomic mass is 32.2. The summed E-state index contributed by atoms with van der Waals surface area (Å²) in [6, 6.07) is 5.89. The lowest BCUT2D eigenvalue weighted by Crippen LogP contribution is -2.39. The van der Waals surface area contributed by atoms with Crippen LogP contribution in [0.4, 0.5) is 0 Å². The molecule has 4 rings (SSSR count). The second-order valence-electron chi connectivity index (χ2n) is 6.52. The minimum Gasteiger partial charge on any atom is -0.360 e. The van der Waals surface area contributed by atoms with Crippen molar-refractivity contribution in [3.63, 3.8) is 0 Å². The summed E-state index contributed by atoms with van der Waals surface area (Å²) in [6.07, 6.45) is 3.52. The Bertz CT molecular complexity index is 969. The minimum atomic E-state index is -3.60. The molecule has 0 saturated carbocycles. The highest BCUT2D eigenvalue weighted by molar-refractivity contribution is 7.89. The number of hydrogen-bond donors (Lipinski definition) is 1. The van der Waals surface area contributed by atoms with E-state index in [9.17, 15) is 8.42 Å².